The Kier molecular flexibility index (Phi) is 8.39. The molecule has 0 N–H and O–H groups in total. The summed E-state index contributed by atoms with van der Waals surface area (Å²) in [5, 5.41) is 0.697. The second-order valence-electron chi connectivity index (χ2n) is 9.12. The van der Waals surface area contributed by atoms with E-state index in [1.807, 2.05) is 39.8 Å². The lowest BCUT2D eigenvalue weighted by Crippen LogP contribution is -2.36. The summed E-state index contributed by atoms with van der Waals surface area (Å²) in [6.45, 7) is 19.3. The van der Waals surface area contributed by atoms with Crippen LogP contribution in [-0.2, 0) is 15.7 Å². The van der Waals surface area contributed by atoms with Crippen LogP contribution in [0.5, 0.6) is 0 Å². The maximum absolute atomic E-state index is 12.4. The summed E-state index contributed by atoms with van der Waals surface area (Å²) < 4.78 is 11.8. The van der Waals surface area contributed by atoms with Gasteiger partial charge < -0.3 is 14.1 Å². The molecule has 4 nitrogen and oxygen atoms in total. The van der Waals surface area contributed by atoms with Crippen LogP contribution in [0.25, 0.3) is 0 Å². The normalized spacial score (nSPS) is 13.6. The van der Waals surface area contributed by atoms with Crippen LogP contribution in [-0.4, -0.2) is 32.2 Å². The van der Waals surface area contributed by atoms with E-state index in [0.29, 0.717) is 18.1 Å². The van der Waals surface area contributed by atoms with Gasteiger partial charge in [-0.25, -0.2) is 4.79 Å². The van der Waals surface area contributed by atoms with Crippen molar-refractivity contribution in [3.63, 3.8) is 0 Å². The fourth-order valence-electron chi connectivity index (χ4n) is 2.69. The first-order valence-corrected chi connectivity index (χ1v) is 12.3. The number of halogens is 1. The number of hydrogen-bond acceptors (Lipinski definition) is 3. The van der Waals surface area contributed by atoms with E-state index in [4.69, 9.17) is 20.8 Å². The first-order valence-electron chi connectivity index (χ1n) is 9.47. The van der Waals surface area contributed by atoms with Crippen molar-refractivity contribution in [3.05, 3.63) is 34.3 Å². The molecule has 1 aromatic rings. The highest BCUT2D eigenvalue weighted by Gasteiger charge is 2.30. The molecule has 1 aromatic carbocycles. The molecule has 0 saturated carbocycles. The van der Waals surface area contributed by atoms with Crippen molar-refractivity contribution in [1.82, 2.24) is 4.90 Å². The minimum Gasteiger partial charge on any atom is -0.444 e. The summed E-state index contributed by atoms with van der Waals surface area (Å²) in [4.78, 5) is 14.1. The van der Waals surface area contributed by atoms with Crippen molar-refractivity contribution in [3.8, 4) is 0 Å². The molecule has 153 valence electrons. The van der Waals surface area contributed by atoms with E-state index in [1.165, 1.54) is 0 Å². The van der Waals surface area contributed by atoms with Gasteiger partial charge in [0, 0.05) is 18.1 Å². The first kappa shape index (κ1) is 24.0. The zero-order chi connectivity index (χ0) is 21.0. The molecule has 0 aliphatic carbocycles. The minimum atomic E-state index is -0.896. The lowest BCUT2D eigenvalue weighted by Gasteiger charge is -2.34. The van der Waals surface area contributed by atoms with E-state index >= 15 is 0 Å². The van der Waals surface area contributed by atoms with Crippen LogP contribution < -0.4 is 0 Å². The highest BCUT2D eigenvalue weighted by molar-refractivity contribution is 6.48. The van der Waals surface area contributed by atoms with Gasteiger partial charge in [0.05, 0.1) is 6.10 Å². The van der Waals surface area contributed by atoms with E-state index in [9.17, 15) is 4.79 Å². The average Bonchev–Trinajstić information content (AvgIpc) is 2.49. The van der Waals surface area contributed by atoms with Crippen LogP contribution in [0, 0.1) is 5.41 Å². The Morgan fingerprint density at radius 3 is 2.22 bits per heavy atom. The largest absolute Gasteiger partial charge is 0.444 e. The molecule has 0 spiro atoms. The predicted octanol–water partition coefficient (Wildman–Crippen LogP) is 6.45. The maximum atomic E-state index is 12.4. The Labute approximate surface area is 171 Å². The van der Waals surface area contributed by atoms with Gasteiger partial charge in [-0.2, -0.15) is 0 Å². The highest BCUT2D eigenvalue weighted by atomic mass is 35.5. The van der Waals surface area contributed by atoms with Crippen LogP contribution in [0.3, 0.4) is 0 Å². The second kappa shape index (κ2) is 9.44. The molecular formula is C21H35ClNO3Si. The average molecular weight is 413 g/mol. The highest BCUT2D eigenvalue weighted by Crippen LogP contribution is 2.40. The lowest BCUT2D eigenvalue weighted by molar-refractivity contribution is 0.0244. The van der Waals surface area contributed by atoms with E-state index < -0.39 is 14.6 Å². The minimum absolute atomic E-state index is 0.0835. The number of ether oxygens (including phenoxy) is 1. The molecule has 1 rings (SSSR count). The molecule has 27 heavy (non-hydrogen) atoms. The Bertz CT molecular complexity index is 635. The summed E-state index contributed by atoms with van der Waals surface area (Å²) in [6.07, 6.45) is -0.400. The van der Waals surface area contributed by atoms with Crippen LogP contribution in [0.15, 0.2) is 18.2 Å². The Morgan fingerprint density at radius 2 is 1.78 bits per heavy atom. The third-order valence-electron chi connectivity index (χ3n) is 3.89. The van der Waals surface area contributed by atoms with Crippen molar-refractivity contribution in [1.29, 1.82) is 0 Å². The summed E-state index contributed by atoms with van der Waals surface area (Å²) >= 11 is 6.53. The molecule has 0 aromatic heterocycles. The van der Waals surface area contributed by atoms with Gasteiger partial charge in [-0.1, -0.05) is 38.4 Å². The lowest BCUT2D eigenvalue weighted by atomic mass is 9.84. The zero-order valence-electron chi connectivity index (χ0n) is 18.3. The Hall–Kier alpha value is -1.04. The van der Waals surface area contributed by atoms with Gasteiger partial charge in [-0.05, 0) is 69.5 Å². The van der Waals surface area contributed by atoms with Gasteiger partial charge in [0.1, 0.15) is 5.60 Å². The Balaban J connectivity index is 3.14. The van der Waals surface area contributed by atoms with E-state index in [-0.39, 0.29) is 17.6 Å². The Morgan fingerprint density at radius 1 is 1.19 bits per heavy atom. The van der Waals surface area contributed by atoms with Crippen molar-refractivity contribution in [2.45, 2.75) is 79.8 Å². The summed E-state index contributed by atoms with van der Waals surface area (Å²) in [5.41, 5.74) is 1.40. The van der Waals surface area contributed by atoms with E-state index in [1.54, 1.807) is 4.90 Å². The van der Waals surface area contributed by atoms with Crippen LogP contribution in [0.4, 0.5) is 4.79 Å². The standard InChI is InChI=1S/C21H35ClNO3Si/c1-10-23(19(24)25-21(5,6)7)14-15-11-12-17(22)16(13-15)18(20(2,3)4)26-27(8)9/h11-13,18H,10,14H2,1-9H3. The van der Waals surface area contributed by atoms with Crippen molar-refractivity contribution in [2.24, 2.45) is 5.41 Å². The van der Waals surface area contributed by atoms with Gasteiger partial charge in [0.15, 0.2) is 0 Å². The quantitative estimate of drug-likeness (QED) is 0.503. The van der Waals surface area contributed by atoms with Crippen LogP contribution >= 0.6 is 11.6 Å². The molecule has 6 heteroatoms. The van der Waals surface area contributed by atoms with E-state index in [0.717, 1.165) is 11.1 Å². The molecule has 1 radical (unpaired) electrons. The molecule has 0 bridgehead atoms. The van der Waals surface area contributed by atoms with E-state index in [2.05, 4.69) is 39.9 Å². The van der Waals surface area contributed by atoms with Gasteiger partial charge in [0.2, 0.25) is 9.04 Å². The molecule has 1 atom stereocenters. The smallest absolute Gasteiger partial charge is 0.410 e. The fourth-order valence-corrected chi connectivity index (χ4v) is 3.86. The number of amides is 1. The zero-order valence-corrected chi connectivity index (χ0v) is 20.0. The first-order chi connectivity index (χ1) is 12.2. The number of carbonyl (C=O) groups is 1. The number of rotatable bonds is 6. The molecule has 0 fully saturated rings. The molecular weight excluding hydrogens is 378 g/mol. The molecule has 0 aliphatic heterocycles. The topological polar surface area (TPSA) is 38.8 Å². The molecule has 0 saturated heterocycles. The molecule has 0 heterocycles. The third-order valence-corrected chi connectivity index (χ3v) is 4.94. The van der Waals surface area contributed by atoms with Gasteiger partial charge in [-0.15, -0.1) is 0 Å². The predicted molar refractivity (Wildman–Crippen MR) is 115 cm³/mol. The van der Waals surface area contributed by atoms with Crippen molar-refractivity contribution < 1.29 is 14.0 Å². The van der Waals surface area contributed by atoms with Crippen LogP contribution in [0.2, 0.25) is 18.1 Å². The summed E-state index contributed by atoms with van der Waals surface area (Å²) in [6, 6.07) is 5.92. The summed E-state index contributed by atoms with van der Waals surface area (Å²) in [7, 11) is -0.896. The number of carbonyl (C=O) groups excluding carboxylic acids is 1. The SMILES string of the molecule is CCN(Cc1ccc(Cl)c(C(O[Si](C)C)C(C)(C)C)c1)C(=O)OC(C)(C)C. The summed E-state index contributed by atoms with van der Waals surface area (Å²) in [5.74, 6) is 0. The van der Waals surface area contributed by atoms with Crippen LogP contribution in [0.1, 0.15) is 65.7 Å². The van der Waals surface area contributed by atoms with Gasteiger partial charge in [-0.3, -0.25) is 0 Å². The number of nitrogens with zero attached hydrogens (tertiary/aromatic N) is 1. The number of benzene rings is 1. The maximum Gasteiger partial charge on any atom is 0.410 e. The van der Waals surface area contributed by atoms with Crippen molar-refractivity contribution >= 4 is 26.7 Å². The monoisotopic (exact) mass is 412 g/mol. The molecule has 0 aliphatic rings. The third kappa shape index (κ3) is 7.84. The number of hydrogen-bond donors (Lipinski definition) is 0. The van der Waals surface area contributed by atoms with Gasteiger partial charge in [0.25, 0.3) is 0 Å². The van der Waals surface area contributed by atoms with Crippen molar-refractivity contribution in [2.75, 3.05) is 6.54 Å². The second-order valence-corrected chi connectivity index (χ2v) is 11.6. The molecule has 1 unspecified atom stereocenters. The molecule has 1 amide bonds. The van der Waals surface area contributed by atoms with Gasteiger partial charge >= 0.3 is 6.09 Å². The fraction of sp³-hybridized carbons (Fsp3) is 0.667.